The van der Waals surface area contributed by atoms with Crippen molar-refractivity contribution in [1.82, 2.24) is 4.90 Å². The first kappa shape index (κ1) is 25.0. The van der Waals surface area contributed by atoms with Crippen LogP contribution in [0, 0.1) is 0 Å². The molecule has 6 nitrogen and oxygen atoms in total. The van der Waals surface area contributed by atoms with Gasteiger partial charge in [-0.05, 0) is 53.6 Å². The lowest BCUT2D eigenvalue weighted by Gasteiger charge is -2.14. The molecular formula is C26H21BrN2O4S2. The highest BCUT2D eigenvalue weighted by atomic mass is 79.9. The first-order valence-corrected chi connectivity index (χ1v) is 12.6. The average Bonchev–Trinajstić information content (AvgIpc) is 3.12. The number of rotatable bonds is 8. The van der Waals surface area contributed by atoms with E-state index in [1.807, 2.05) is 42.5 Å². The van der Waals surface area contributed by atoms with Crippen molar-refractivity contribution >= 4 is 67.8 Å². The molecule has 9 heteroatoms. The second kappa shape index (κ2) is 11.5. The van der Waals surface area contributed by atoms with E-state index in [1.54, 1.807) is 41.3 Å². The number of amides is 2. The number of thiocarbonyl (C=S) groups is 1. The molecule has 1 fully saturated rings. The van der Waals surface area contributed by atoms with Gasteiger partial charge in [-0.2, -0.15) is 0 Å². The van der Waals surface area contributed by atoms with E-state index in [4.69, 9.17) is 21.7 Å². The summed E-state index contributed by atoms with van der Waals surface area (Å²) in [7, 11) is 1.52. The summed E-state index contributed by atoms with van der Waals surface area (Å²) in [5.74, 6) is 0.454. The minimum absolute atomic E-state index is 0.132. The van der Waals surface area contributed by atoms with Crippen molar-refractivity contribution in [2.24, 2.45) is 0 Å². The largest absolute Gasteiger partial charge is 0.493 e. The van der Waals surface area contributed by atoms with E-state index >= 15 is 0 Å². The Bertz CT molecular complexity index is 1280. The molecule has 0 bridgehead atoms. The van der Waals surface area contributed by atoms with Crippen LogP contribution in [0.15, 0.2) is 82.2 Å². The van der Waals surface area contributed by atoms with Crippen LogP contribution in [0.25, 0.3) is 6.08 Å². The Morgan fingerprint density at radius 1 is 1.09 bits per heavy atom. The van der Waals surface area contributed by atoms with Crippen LogP contribution in [0.4, 0.5) is 5.69 Å². The molecule has 3 aromatic rings. The number of hydrogen-bond acceptors (Lipinski definition) is 6. The quantitative estimate of drug-likeness (QED) is 0.270. The normalized spacial score (nSPS) is 14.3. The van der Waals surface area contributed by atoms with Gasteiger partial charge in [0.05, 0.1) is 18.6 Å². The topological polar surface area (TPSA) is 67.9 Å². The Kier molecular flexibility index (Phi) is 8.22. The Labute approximate surface area is 221 Å². The lowest BCUT2D eigenvalue weighted by Crippen LogP contribution is -2.27. The second-order valence-corrected chi connectivity index (χ2v) is 10.1. The molecule has 0 saturated carbocycles. The highest BCUT2D eigenvalue weighted by Crippen LogP contribution is 2.35. The van der Waals surface area contributed by atoms with Crippen molar-refractivity contribution in [1.29, 1.82) is 0 Å². The Balaban J connectivity index is 1.41. The Morgan fingerprint density at radius 3 is 2.54 bits per heavy atom. The van der Waals surface area contributed by atoms with Crippen LogP contribution in [0.2, 0.25) is 0 Å². The van der Waals surface area contributed by atoms with E-state index in [1.165, 1.54) is 18.9 Å². The van der Waals surface area contributed by atoms with Crippen molar-refractivity contribution in [2.75, 3.05) is 19.0 Å². The zero-order valence-electron chi connectivity index (χ0n) is 18.7. The van der Waals surface area contributed by atoms with Crippen LogP contribution in [-0.2, 0) is 16.1 Å². The molecule has 1 heterocycles. The molecule has 1 aliphatic heterocycles. The molecule has 2 amide bonds. The van der Waals surface area contributed by atoms with Crippen molar-refractivity contribution in [3.63, 3.8) is 0 Å². The molecule has 4 rings (SSSR count). The number of anilines is 1. The molecule has 1 aliphatic rings. The van der Waals surface area contributed by atoms with Crippen molar-refractivity contribution < 1.29 is 19.1 Å². The van der Waals surface area contributed by atoms with Crippen molar-refractivity contribution in [2.45, 2.75) is 6.54 Å². The molecule has 0 aromatic heterocycles. The second-order valence-electron chi connectivity index (χ2n) is 7.51. The first-order chi connectivity index (χ1) is 16.9. The van der Waals surface area contributed by atoms with Gasteiger partial charge in [-0.25, -0.2) is 0 Å². The summed E-state index contributed by atoms with van der Waals surface area (Å²) in [4.78, 5) is 27.3. The van der Waals surface area contributed by atoms with Gasteiger partial charge in [-0.1, -0.05) is 76.3 Å². The fourth-order valence-corrected chi connectivity index (χ4v) is 4.84. The predicted octanol–water partition coefficient (Wildman–Crippen LogP) is 5.88. The number of carbonyl (C=O) groups excluding carboxylic acids is 2. The van der Waals surface area contributed by atoms with Crippen LogP contribution in [-0.4, -0.2) is 34.8 Å². The van der Waals surface area contributed by atoms with E-state index < -0.39 is 0 Å². The monoisotopic (exact) mass is 568 g/mol. The van der Waals surface area contributed by atoms with Gasteiger partial charge >= 0.3 is 0 Å². The van der Waals surface area contributed by atoms with Gasteiger partial charge in [0.1, 0.15) is 4.32 Å². The van der Waals surface area contributed by atoms with Gasteiger partial charge < -0.3 is 14.8 Å². The molecule has 1 saturated heterocycles. The lowest BCUT2D eigenvalue weighted by molar-refractivity contribution is -0.122. The summed E-state index contributed by atoms with van der Waals surface area (Å²) in [6, 6.07) is 22.3. The van der Waals surface area contributed by atoms with E-state index in [2.05, 4.69) is 21.2 Å². The summed E-state index contributed by atoms with van der Waals surface area (Å²) in [5, 5.41) is 2.77. The molecule has 35 heavy (non-hydrogen) atoms. The highest BCUT2D eigenvalue weighted by Gasteiger charge is 2.32. The number of thioether (sulfide) groups is 1. The Hall–Kier alpha value is -3.14. The summed E-state index contributed by atoms with van der Waals surface area (Å²) in [6.07, 6.45) is 1.77. The minimum atomic E-state index is -0.291. The molecule has 1 N–H and O–H groups in total. The summed E-state index contributed by atoms with van der Waals surface area (Å²) >= 11 is 10.1. The third-order valence-electron chi connectivity index (χ3n) is 5.03. The zero-order valence-corrected chi connectivity index (χ0v) is 21.9. The number of ether oxygens (including phenoxy) is 2. The number of methoxy groups -OCH3 is 1. The van der Waals surface area contributed by atoms with Crippen molar-refractivity contribution in [3.05, 3.63) is 93.3 Å². The number of nitrogens with one attached hydrogen (secondary N) is 1. The van der Waals surface area contributed by atoms with Crippen LogP contribution in [0.1, 0.15) is 11.1 Å². The molecule has 0 spiro atoms. The maximum Gasteiger partial charge on any atom is 0.266 e. The first-order valence-electron chi connectivity index (χ1n) is 10.6. The summed E-state index contributed by atoms with van der Waals surface area (Å²) in [6.45, 7) is 0.255. The van der Waals surface area contributed by atoms with E-state index in [-0.39, 0.29) is 18.4 Å². The summed E-state index contributed by atoms with van der Waals surface area (Å²) in [5.41, 5.74) is 2.44. The van der Waals surface area contributed by atoms with Gasteiger partial charge in [0.25, 0.3) is 11.8 Å². The van der Waals surface area contributed by atoms with Crippen molar-refractivity contribution in [3.8, 4) is 11.5 Å². The van der Waals surface area contributed by atoms with Gasteiger partial charge in [-0.15, -0.1) is 0 Å². The predicted molar refractivity (Wildman–Crippen MR) is 146 cm³/mol. The molecule has 178 valence electrons. The smallest absolute Gasteiger partial charge is 0.266 e. The number of hydrogen-bond donors (Lipinski definition) is 1. The SMILES string of the molecule is COc1cc(/C=C2\SC(=S)N(Cc3ccccc3)C2=O)ccc1OCC(=O)Nc1ccc(Br)cc1. The molecule has 0 aliphatic carbocycles. The maximum absolute atomic E-state index is 12.9. The minimum Gasteiger partial charge on any atom is -0.493 e. The number of nitrogens with zero attached hydrogens (tertiary/aromatic N) is 1. The standard InChI is InChI=1S/C26H21BrN2O4S2/c1-32-22-13-18(7-12-21(22)33-16-24(30)28-20-10-8-19(27)9-11-20)14-23-25(31)29(26(34)35-23)15-17-5-3-2-4-6-17/h2-14H,15-16H2,1H3,(H,28,30)/b23-14-. The van der Waals surface area contributed by atoms with E-state index in [0.717, 1.165) is 15.6 Å². The fraction of sp³-hybridized carbons (Fsp3) is 0.115. The van der Waals surface area contributed by atoms with Crippen LogP contribution in [0.5, 0.6) is 11.5 Å². The lowest BCUT2D eigenvalue weighted by atomic mass is 10.1. The van der Waals surface area contributed by atoms with Gasteiger partial charge in [-0.3, -0.25) is 14.5 Å². The van der Waals surface area contributed by atoms with Gasteiger partial charge in [0.15, 0.2) is 18.1 Å². The third-order valence-corrected chi connectivity index (χ3v) is 6.94. The number of halogens is 1. The summed E-state index contributed by atoms with van der Waals surface area (Å²) < 4.78 is 12.6. The zero-order chi connectivity index (χ0) is 24.8. The highest BCUT2D eigenvalue weighted by molar-refractivity contribution is 9.10. The number of benzene rings is 3. The van der Waals surface area contributed by atoms with Gasteiger partial charge in [0.2, 0.25) is 0 Å². The molecule has 0 atom stereocenters. The van der Waals surface area contributed by atoms with E-state index in [9.17, 15) is 9.59 Å². The number of carbonyl (C=O) groups is 2. The fourth-order valence-electron chi connectivity index (χ4n) is 3.32. The van der Waals surface area contributed by atoms with E-state index in [0.29, 0.717) is 33.0 Å². The third kappa shape index (κ3) is 6.50. The maximum atomic E-state index is 12.9. The van der Waals surface area contributed by atoms with Crippen LogP contribution < -0.4 is 14.8 Å². The van der Waals surface area contributed by atoms with Crippen LogP contribution in [0.3, 0.4) is 0 Å². The molecule has 3 aromatic carbocycles. The molecule has 0 unspecified atom stereocenters. The average molecular weight is 570 g/mol. The van der Waals surface area contributed by atoms with Gasteiger partial charge in [0, 0.05) is 10.2 Å². The Morgan fingerprint density at radius 2 is 1.83 bits per heavy atom. The van der Waals surface area contributed by atoms with Crippen LogP contribution >= 0.6 is 39.9 Å². The molecule has 0 radical (unpaired) electrons. The molecular weight excluding hydrogens is 548 g/mol.